The van der Waals surface area contributed by atoms with Gasteiger partial charge in [-0.3, -0.25) is 19.3 Å². The number of ether oxygens (including phenoxy) is 1. The summed E-state index contributed by atoms with van der Waals surface area (Å²) < 4.78 is 5.23. The van der Waals surface area contributed by atoms with E-state index in [1.807, 2.05) is 48.5 Å². The van der Waals surface area contributed by atoms with E-state index in [2.05, 4.69) is 5.32 Å². The topological polar surface area (TPSA) is 75.7 Å². The quantitative estimate of drug-likeness (QED) is 0.522. The van der Waals surface area contributed by atoms with Gasteiger partial charge < -0.3 is 10.1 Å². The van der Waals surface area contributed by atoms with Crippen LogP contribution in [0.5, 0.6) is 5.75 Å². The first-order valence-electron chi connectivity index (χ1n) is 11.4. The number of hydrogen-bond acceptors (Lipinski definition) is 4. The number of methoxy groups -OCH3 is 1. The number of benzene rings is 3. The lowest BCUT2D eigenvalue weighted by Gasteiger charge is -2.27. The van der Waals surface area contributed by atoms with E-state index in [0.717, 1.165) is 34.9 Å². The second-order valence-corrected chi connectivity index (χ2v) is 8.73. The molecule has 0 saturated heterocycles. The number of nitrogens with one attached hydrogen (secondary N) is 1. The summed E-state index contributed by atoms with van der Waals surface area (Å²) in [5, 5.41) is 4.76. The molecule has 0 radical (unpaired) electrons. The van der Waals surface area contributed by atoms with Crippen molar-refractivity contribution in [2.75, 3.05) is 13.7 Å². The summed E-state index contributed by atoms with van der Waals surface area (Å²) in [4.78, 5) is 40.0. The monoisotopic (exact) mass is 442 g/mol. The number of carbonyl (C=O) groups excluding carboxylic acids is 3. The molecule has 3 amide bonds. The molecule has 33 heavy (non-hydrogen) atoms. The van der Waals surface area contributed by atoms with E-state index < -0.39 is 0 Å². The van der Waals surface area contributed by atoms with E-state index in [1.165, 1.54) is 4.90 Å². The Morgan fingerprint density at radius 3 is 2.21 bits per heavy atom. The van der Waals surface area contributed by atoms with Crippen LogP contribution >= 0.6 is 0 Å². The van der Waals surface area contributed by atoms with Crippen molar-refractivity contribution in [1.82, 2.24) is 10.2 Å². The second kappa shape index (κ2) is 8.70. The highest BCUT2D eigenvalue weighted by molar-refractivity contribution is 6.25. The molecule has 0 bridgehead atoms. The fourth-order valence-corrected chi connectivity index (χ4v) is 4.64. The summed E-state index contributed by atoms with van der Waals surface area (Å²) in [5.74, 6) is 0.581. The summed E-state index contributed by atoms with van der Waals surface area (Å²) in [7, 11) is 1.63. The fraction of sp³-hybridized carbons (Fsp3) is 0.296. The highest BCUT2D eigenvalue weighted by Gasteiger charge is 2.34. The van der Waals surface area contributed by atoms with Crippen molar-refractivity contribution < 1.29 is 19.1 Å². The Bertz CT molecular complexity index is 1180. The van der Waals surface area contributed by atoms with Crippen molar-refractivity contribution in [1.29, 1.82) is 0 Å². The van der Waals surface area contributed by atoms with Gasteiger partial charge in [-0.05, 0) is 60.4 Å². The van der Waals surface area contributed by atoms with E-state index in [0.29, 0.717) is 23.5 Å². The van der Waals surface area contributed by atoms with Gasteiger partial charge >= 0.3 is 0 Å². The normalized spacial score (nSPS) is 16.1. The lowest BCUT2D eigenvalue weighted by molar-refractivity contribution is -0.122. The zero-order valence-electron chi connectivity index (χ0n) is 18.5. The molecule has 1 N–H and O–H groups in total. The summed E-state index contributed by atoms with van der Waals surface area (Å²) in [6.45, 7) is 0.215. The number of carbonyl (C=O) groups is 3. The van der Waals surface area contributed by atoms with Crippen LogP contribution in [0.15, 0.2) is 60.7 Å². The lowest BCUT2D eigenvalue weighted by atomic mass is 9.94. The number of hydrogen-bond donors (Lipinski definition) is 1. The Hall–Kier alpha value is -3.67. The summed E-state index contributed by atoms with van der Waals surface area (Å²) >= 11 is 0. The van der Waals surface area contributed by atoms with Gasteiger partial charge in [0, 0.05) is 29.5 Å². The molecule has 6 nitrogen and oxygen atoms in total. The van der Waals surface area contributed by atoms with Gasteiger partial charge in [-0.2, -0.15) is 0 Å². The summed E-state index contributed by atoms with van der Waals surface area (Å²) in [5.41, 5.74) is 2.15. The van der Waals surface area contributed by atoms with Gasteiger partial charge in [0.05, 0.1) is 13.2 Å². The zero-order valence-corrected chi connectivity index (χ0v) is 18.5. The van der Waals surface area contributed by atoms with Crippen LogP contribution in [0.2, 0.25) is 0 Å². The molecule has 5 rings (SSSR count). The van der Waals surface area contributed by atoms with Gasteiger partial charge in [-0.15, -0.1) is 0 Å². The van der Waals surface area contributed by atoms with Gasteiger partial charge in [0.15, 0.2) is 0 Å². The average molecular weight is 443 g/mol. The molecule has 0 spiro atoms. The first kappa shape index (κ1) is 21.2. The highest BCUT2D eigenvalue weighted by atomic mass is 16.5. The smallest absolute Gasteiger partial charge is 0.261 e. The zero-order chi connectivity index (χ0) is 22.9. The maximum Gasteiger partial charge on any atom is 0.261 e. The minimum absolute atomic E-state index is 0.0221. The maximum absolute atomic E-state index is 13.0. The van der Waals surface area contributed by atoms with E-state index in [9.17, 15) is 14.4 Å². The molecule has 1 fully saturated rings. The Balaban J connectivity index is 1.22. The molecule has 168 valence electrons. The van der Waals surface area contributed by atoms with Crippen molar-refractivity contribution in [3.8, 4) is 5.75 Å². The molecule has 1 aliphatic carbocycles. The number of imide groups is 1. The molecule has 1 atom stereocenters. The molecule has 1 aliphatic heterocycles. The van der Waals surface area contributed by atoms with Gasteiger partial charge in [0.1, 0.15) is 5.75 Å². The Morgan fingerprint density at radius 2 is 1.64 bits per heavy atom. The van der Waals surface area contributed by atoms with Crippen LogP contribution in [0.25, 0.3) is 10.8 Å². The van der Waals surface area contributed by atoms with Crippen LogP contribution in [0.4, 0.5) is 0 Å². The standard InChI is InChI=1S/C27H26N2O4/c1-33-20-14-12-19(13-15-20)25(18-10-11-18)28-23(30)9-4-16-29-26(31)21-7-2-5-17-6-3-8-22(24(17)21)27(29)32/h2-3,5-8,12-15,18,25H,4,9-11,16H2,1H3,(H,28,30). The molecular weight excluding hydrogens is 416 g/mol. The van der Waals surface area contributed by atoms with Crippen molar-refractivity contribution in [3.63, 3.8) is 0 Å². The summed E-state index contributed by atoms with van der Waals surface area (Å²) in [6, 6.07) is 18.8. The summed E-state index contributed by atoms with van der Waals surface area (Å²) in [6.07, 6.45) is 2.86. The number of rotatable bonds is 8. The van der Waals surface area contributed by atoms with Gasteiger partial charge in [-0.25, -0.2) is 0 Å². The molecule has 1 unspecified atom stereocenters. The third-order valence-corrected chi connectivity index (χ3v) is 6.53. The van der Waals surface area contributed by atoms with Gasteiger partial charge in [-0.1, -0.05) is 36.4 Å². The molecule has 1 saturated carbocycles. The number of amides is 3. The van der Waals surface area contributed by atoms with Crippen LogP contribution in [0.1, 0.15) is 58.0 Å². The van der Waals surface area contributed by atoms with E-state index >= 15 is 0 Å². The SMILES string of the molecule is COc1ccc(C(NC(=O)CCCN2C(=O)c3cccc4cccc(c34)C2=O)C2CC2)cc1. The average Bonchev–Trinajstić information content (AvgIpc) is 3.68. The van der Waals surface area contributed by atoms with Crippen LogP contribution in [0, 0.1) is 5.92 Å². The molecular formula is C27H26N2O4. The van der Waals surface area contributed by atoms with Crippen LogP contribution in [-0.4, -0.2) is 36.3 Å². The van der Waals surface area contributed by atoms with Crippen molar-refractivity contribution in [2.45, 2.75) is 31.7 Å². The molecule has 2 aliphatic rings. The third kappa shape index (κ3) is 4.09. The largest absolute Gasteiger partial charge is 0.497 e. The fourth-order valence-electron chi connectivity index (χ4n) is 4.64. The Kier molecular flexibility index (Phi) is 5.58. The Labute approximate surface area is 192 Å². The molecule has 3 aromatic carbocycles. The van der Waals surface area contributed by atoms with Crippen LogP contribution < -0.4 is 10.1 Å². The van der Waals surface area contributed by atoms with Gasteiger partial charge in [0.25, 0.3) is 11.8 Å². The lowest BCUT2D eigenvalue weighted by Crippen LogP contribution is -2.41. The molecule has 6 heteroatoms. The predicted octanol–water partition coefficient (Wildman–Crippen LogP) is 4.49. The van der Waals surface area contributed by atoms with Crippen molar-refractivity contribution in [3.05, 3.63) is 77.4 Å². The van der Waals surface area contributed by atoms with Crippen molar-refractivity contribution >= 4 is 28.5 Å². The van der Waals surface area contributed by atoms with E-state index in [1.54, 1.807) is 19.2 Å². The second-order valence-electron chi connectivity index (χ2n) is 8.73. The van der Waals surface area contributed by atoms with Crippen molar-refractivity contribution in [2.24, 2.45) is 5.92 Å². The molecule has 3 aromatic rings. The minimum Gasteiger partial charge on any atom is -0.497 e. The first-order chi connectivity index (χ1) is 16.1. The van der Waals surface area contributed by atoms with Crippen LogP contribution in [0.3, 0.4) is 0 Å². The Morgan fingerprint density at radius 1 is 1.00 bits per heavy atom. The highest BCUT2D eigenvalue weighted by Crippen LogP contribution is 2.41. The maximum atomic E-state index is 13.0. The van der Waals surface area contributed by atoms with E-state index in [4.69, 9.17) is 4.74 Å². The molecule has 1 heterocycles. The molecule has 0 aromatic heterocycles. The third-order valence-electron chi connectivity index (χ3n) is 6.53. The van der Waals surface area contributed by atoms with E-state index in [-0.39, 0.29) is 36.7 Å². The van der Waals surface area contributed by atoms with Crippen LogP contribution in [-0.2, 0) is 4.79 Å². The first-order valence-corrected chi connectivity index (χ1v) is 11.4. The number of nitrogens with zero attached hydrogens (tertiary/aromatic N) is 1. The predicted molar refractivity (Wildman–Crippen MR) is 125 cm³/mol. The van der Waals surface area contributed by atoms with Gasteiger partial charge in [0.2, 0.25) is 5.91 Å². The minimum atomic E-state index is -0.293.